The van der Waals surface area contributed by atoms with E-state index in [9.17, 15) is 4.79 Å². The quantitative estimate of drug-likeness (QED) is 0.901. The van der Waals surface area contributed by atoms with Crippen molar-refractivity contribution in [1.82, 2.24) is 15.5 Å². The van der Waals surface area contributed by atoms with Gasteiger partial charge in [0.05, 0.1) is 23.8 Å². The maximum absolute atomic E-state index is 12.1. The molecule has 5 nitrogen and oxygen atoms in total. The summed E-state index contributed by atoms with van der Waals surface area (Å²) >= 11 is 11.5. The standard InChI is InChI=1S/C11H11Cl2N3O2/c12-9-4-6(10(13)16-15-9)11(17)14-7-3-5-1-2-8(7)18-5/h4-5,7-8H,1-3H2,(H,14,17). The van der Waals surface area contributed by atoms with E-state index >= 15 is 0 Å². The molecule has 18 heavy (non-hydrogen) atoms. The molecule has 3 atom stereocenters. The second-order valence-electron chi connectivity index (χ2n) is 4.56. The molecule has 1 N–H and O–H groups in total. The van der Waals surface area contributed by atoms with E-state index < -0.39 is 0 Å². The van der Waals surface area contributed by atoms with Crippen molar-refractivity contribution in [2.45, 2.75) is 37.5 Å². The molecule has 0 aliphatic carbocycles. The Kier molecular flexibility index (Phi) is 3.13. The Hall–Kier alpha value is -0.910. The molecular formula is C11H11Cl2N3O2. The molecule has 2 fully saturated rings. The number of hydrogen-bond acceptors (Lipinski definition) is 4. The normalized spacial score (nSPS) is 29.6. The van der Waals surface area contributed by atoms with Gasteiger partial charge in [-0.15, -0.1) is 10.2 Å². The van der Waals surface area contributed by atoms with E-state index in [1.165, 1.54) is 6.07 Å². The van der Waals surface area contributed by atoms with Crippen LogP contribution in [0.2, 0.25) is 10.3 Å². The first-order chi connectivity index (χ1) is 8.63. The van der Waals surface area contributed by atoms with E-state index in [1.54, 1.807) is 0 Å². The first-order valence-corrected chi connectivity index (χ1v) is 6.54. The van der Waals surface area contributed by atoms with E-state index in [2.05, 4.69) is 15.5 Å². The van der Waals surface area contributed by atoms with Crippen LogP contribution in [0.25, 0.3) is 0 Å². The van der Waals surface area contributed by atoms with Crippen molar-refractivity contribution in [2.75, 3.05) is 0 Å². The van der Waals surface area contributed by atoms with Gasteiger partial charge >= 0.3 is 0 Å². The number of hydrogen-bond donors (Lipinski definition) is 1. The van der Waals surface area contributed by atoms with Crippen LogP contribution in [-0.4, -0.2) is 34.4 Å². The molecule has 2 aliphatic heterocycles. The first-order valence-electron chi connectivity index (χ1n) is 5.78. The highest BCUT2D eigenvalue weighted by molar-refractivity contribution is 6.34. The summed E-state index contributed by atoms with van der Waals surface area (Å²) in [5.41, 5.74) is 0.249. The largest absolute Gasteiger partial charge is 0.373 e. The number of aromatic nitrogens is 2. The topological polar surface area (TPSA) is 64.1 Å². The van der Waals surface area contributed by atoms with E-state index in [1.807, 2.05) is 0 Å². The lowest BCUT2D eigenvalue weighted by Crippen LogP contribution is -2.41. The number of fused-ring (bicyclic) bond motifs is 2. The summed E-state index contributed by atoms with van der Waals surface area (Å²) in [4.78, 5) is 12.1. The van der Waals surface area contributed by atoms with Crippen LogP contribution < -0.4 is 5.32 Å². The summed E-state index contributed by atoms with van der Waals surface area (Å²) in [7, 11) is 0. The Morgan fingerprint density at radius 1 is 1.39 bits per heavy atom. The highest BCUT2D eigenvalue weighted by atomic mass is 35.5. The van der Waals surface area contributed by atoms with E-state index in [4.69, 9.17) is 27.9 Å². The van der Waals surface area contributed by atoms with Crippen molar-refractivity contribution in [1.29, 1.82) is 0 Å². The summed E-state index contributed by atoms with van der Waals surface area (Å²) in [6.45, 7) is 0. The Labute approximate surface area is 114 Å². The van der Waals surface area contributed by atoms with Gasteiger partial charge in [-0.2, -0.15) is 0 Å². The lowest BCUT2D eigenvalue weighted by molar-refractivity contribution is 0.0840. The fourth-order valence-electron chi connectivity index (χ4n) is 2.55. The Balaban J connectivity index is 1.73. The third-order valence-electron chi connectivity index (χ3n) is 3.39. The van der Waals surface area contributed by atoms with Gasteiger partial charge in [0.2, 0.25) is 0 Å². The number of carbonyl (C=O) groups is 1. The Morgan fingerprint density at radius 2 is 2.22 bits per heavy atom. The van der Waals surface area contributed by atoms with Gasteiger partial charge in [0.1, 0.15) is 0 Å². The molecule has 3 unspecified atom stereocenters. The van der Waals surface area contributed by atoms with Gasteiger partial charge in [-0.25, -0.2) is 0 Å². The van der Waals surface area contributed by atoms with Crippen LogP contribution in [0, 0.1) is 0 Å². The predicted octanol–water partition coefficient (Wildman–Crippen LogP) is 1.83. The zero-order valence-corrected chi connectivity index (χ0v) is 10.9. The van der Waals surface area contributed by atoms with Crippen LogP contribution in [0.5, 0.6) is 0 Å². The molecule has 2 saturated heterocycles. The number of nitrogens with one attached hydrogen (secondary N) is 1. The SMILES string of the molecule is O=C(NC1CC2CCC1O2)c1cc(Cl)nnc1Cl. The van der Waals surface area contributed by atoms with Crippen LogP contribution in [0.15, 0.2) is 6.07 Å². The minimum absolute atomic E-state index is 0.0549. The summed E-state index contributed by atoms with van der Waals surface area (Å²) < 4.78 is 5.67. The smallest absolute Gasteiger partial charge is 0.254 e. The zero-order chi connectivity index (χ0) is 12.7. The molecular weight excluding hydrogens is 277 g/mol. The molecule has 1 aromatic rings. The van der Waals surface area contributed by atoms with Gasteiger partial charge in [0.25, 0.3) is 5.91 Å². The van der Waals surface area contributed by atoms with Gasteiger partial charge in [0, 0.05) is 0 Å². The number of rotatable bonds is 2. The number of halogens is 2. The fourth-order valence-corrected chi connectivity index (χ4v) is 2.87. The Bertz CT molecular complexity index is 497. The average Bonchev–Trinajstić information content (AvgIpc) is 2.94. The van der Waals surface area contributed by atoms with Crippen molar-refractivity contribution >= 4 is 29.1 Å². The number of ether oxygens (including phenoxy) is 1. The minimum atomic E-state index is -0.280. The van der Waals surface area contributed by atoms with Crippen LogP contribution >= 0.6 is 23.2 Å². The highest BCUT2D eigenvalue weighted by Crippen LogP contribution is 2.34. The lowest BCUT2D eigenvalue weighted by Gasteiger charge is -2.20. The maximum atomic E-state index is 12.1. The molecule has 2 bridgehead atoms. The summed E-state index contributed by atoms with van der Waals surface area (Å²) in [5.74, 6) is -0.280. The monoisotopic (exact) mass is 287 g/mol. The molecule has 3 heterocycles. The van der Waals surface area contributed by atoms with Crippen LogP contribution in [0.3, 0.4) is 0 Å². The van der Waals surface area contributed by atoms with E-state index in [-0.39, 0.29) is 40.0 Å². The number of carbonyl (C=O) groups excluding carboxylic acids is 1. The molecule has 96 valence electrons. The molecule has 1 aromatic heterocycles. The van der Waals surface area contributed by atoms with Crippen molar-refractivity contribution in [3.8, 4) is 0 Å². The van der Waals surface area contributed by atoms with Crippen molar-refractivity contribution in [3.63, 3.8) is 0 Å². The van der Waals surface area contributed by atoms with Gasteiger partial charge in [0.15, 0.2) is 10.3 Å². The number of nitrogens with zero attached hydrogens (tertiary/aromatic N) is 2. The van der Waals surface area contributed by atoms with Gasteiger partial charge in [-0.3, -0.25) is 4.79 Å². The van der Waals surface area contributed by atoms with Crippen LogP contribution in [-0.2, 0) is 4.74 Å². The second kappa shape index (κ2) is 4.64. The second-order valence-corrected chi connectivity index (χ2v) is 5.31. The summed E-state index contributed by atoms with van der Waals surface area (Å²) in [6, 6.07) is 1.47. The predicted molar refractivity (Wildman–Crippen MR) is 65.8 cm³/mol. The van der Waals surface area contributed by atoms with Gasteiger partial charge in [-0.05, 0) is 25.3 Å². The Morgan fingerprint density at radius 3 is 2.89 bits per heavy atom. The van der Waals surface area contributed by atoms with Gasteiger partial charge in [-0.1, -0.05) is 23.2 Å². The molecule has 1 amide bonds. The third kappa shape index (κ3) is 2.18. The molecule has 7 heteroatoms. The van der Waals surface area contributed by atoms with E-state index in [0.717, 1.165) is 19.3 Å². The first kappa shape index (κ1) is 12.1. The van der Waals surface area contributed by atoms with Gasteiger partial charge < -0.3 is 10.1 Å². The zero-order valence-electron chi connectivity index (χ0n) is 9.40. The molecule has 3 rings (SSSR count). The molecule has 0 radical (unpaired) electrons. The average molecular weight is 288 g/mol. The summed E-state index contributed by atoms with van der Waals surface area (Å²) in [6.07, 6.45) is 3.36. The van der Waals surface area contributed by atoms with Crippen molar-refractivity contribution < 1.29 is 9.53 Å². The molecule has 0 aromatic carbocycles. The summed E-state index contributed by atoms with van der Waals surface area (Å²) in [5, 5.41) is 10.3. The van der Waals surface area contributed by atoms with Crippen molar-refractivity contribution in [2.24, 2.45) is 0 Å². The molecule has 0 saturated carbocycles. The molecule has 0 spiro atoms. The maximum Gasteiger partial charge on any atom is 0.254 e. The molecule has 2 aliphatic rings. The van der Waals surface area contributed by atoms with E-state index in [0.29, 0.717) is 0 Å². The highest BCUT2D eigenvalue weighted by Gasteiger charge is 2.41. The fraction of sp³-hybridized carbons (Fsp3) is 0.545. The van der Waals surface area contributed by atoms with Crippen molar-refractivity contribution in [3.05, 3.63) is 21.9 Å². The van der Waals surface area contributed by atoms with Crippen LogP contribution in [0.4, 0.5) is 0 Å². The number of amides is 1. The lowest BCUT2D eigenvalue weighted by atomic mass is 9.95. The third-order valence-corrected chi connectivity index (χ3v) is 3.85. The minimum Gasteiger partial charge on any atom is -0.373 e. The van der Waals surface area contributed by atoms with Crippen LogP contribution in [0.1, 0.15) is 29.6 Å².